The van der Waals surface area contributed by atoms with E-state index in [0.717, 1.165) is 0 Å². The van der Waals surface area contributed by atoms with E-state index in [1.807, 2.05) is 0 Å². The van der Waals surface area contributed by atoms with Gasteiger partial charge in [-0.25, -0.2) is 4.39 Å². The van der Waals surface area contributed by atoms with Crippen molar-refractivity contribution in [2.75, 3.05) is 7.11 Å². The molecule has 0 aliphatic rings. The predicted octanol–water partition coefficient (Wildman–Crippen LogP) is 4.56. The van der Waals surface area contributed by atoms with Gasteiger partial charge in [-0.1, -0.05) is 23.2 Å². The van der Waals surface area contributed by atoms with Crippen LogP contribution in [-0.4, -0.2) is 23.8 Å². The molecule has 0 amide bonds. The maximum atomic E-state index is 13.9. The second kappa shape index (κ2) is 6.86. The molecule has 128 valence electrons. The number of ketones is 1. The first-order valence-corrected chi connectivity index (χ1v) is 8.03. The number of ether oxygens (including phenoxy) is 1. The molecule has 0 saturated carbocycles. The van der Waals surface area contributed by atoms with E-state index in [1.165, 1.54) is 19.2 Å². The number of halogens is 3. The number of benzene rings is 2. The van der Waals surface area contributed by atoms with Crippen LogP contribution in [0.2, 0.25) is 10.0 Å². The van der Waals surface area contributed by atoms with Crippen molar-refractivity contribution in [2.24, 2.45) is 0 Å². The molecule has 1 aromatic heterocycles. The molecule has 0 aliphatic heterocycles. The molecule has 7 heteroatoms. The van der Waals surface area contributed by atoms with Crippen molar-refractivity contribution in [2.45, 2.75) is 6.42 Å². The Morgan fingerprint density at radius 3 is 2.48 bits per heavy atom. The third kappa shape index (κ3) is 3.38. The van der Waals surface area contributed by atoms with E-state index >= 15 is 0 Å². The third-order valence-electron chi connectivity index (χ3n) is 3.83. The van der Waals surface area contributed by atoms with Gasteiger partial charge in [0.2, 0.25) is 5.78 Å². The zero-order chi connectivity index (χ0) is 18.1. The van der Waals surface area contributed by atoms with E-state index in [-0.39, 0.29) is 22.9 Å². The summed E-state index contributed by atoms with van der Waals surface area (Å²) >= 11 is 11.7. The van der Waals surface area contributed by atoms with Crippen LogP contribution in [0.4, 0.5) is 4.39 Å². The van der Waals surface area contributed by atoms with Crippen molar-refractivity contribution in [1.29, 1.82) is 0 Å². The number of nitrogens with one attached hydrogen (secondary N) is 1. The Balaban J connectivity index is 2.18. The normalized spacial score (nSPS) is 10.9. The molecule has 0 radical (unpaired) electrons. The highest BCUT2D eigenvalue weighted by molar-refractivity contribution is 6.31. The van der Waals surface area contributed by atoms with Gasteiger partial charge in [0, 0.05) is 27.1 Å². The second-order valence-corrected chi connectivity index (χ2v) is 6.22. The van der Waals surface area contributed by atoms with E-state index in [2.05, 4.69) is 9.72 Å². The Kier molecular flexibility index (Phi) is 4.79. The molecule has 0 saturated heterocycles. The summed E-state index contributed by atoms with van der Waals surface area (Å²) in [6, 6.07) is 8.91. The van der Waals surface area contributed by atoms with Crippen molar-refractivity contribution in [3.05, 3.63) is 69.1 Å². The number of carbonyl (C=O) groups is 2. The summed E-state index contributed by atoms with van der Waals surface area (Å²) in [5.74, 6) is -1.52. The molecular formula is C18H12Cl2FNO3. The SMILES string of the molecule is COC(=O)Cc1c(C(=O)c2ccc(Cl)cc2)[nH]c2cc(Cl)c(F)cc12. The van der Waals surface area contributed by atoms with Crippen molar-refractivity contribution in [1.82, 2.24) is 4.98 Å². The summed E-state index contributed by atoms with van der Waals surface area (Å²) in [7, 11) is 1.25. The van der Waals surface area contributed by atoms with Crippen molar-refractivity contribution < 1.29 is 18.7 Å². The van der Waals surface area contributed by atoms with Gasteiger partial charge in [0.25, 0.3) is 0 Å². The Hall–Kier alpha value is -2.37. The Morgan fingerprint density at radius 1 is 1.16 bits per heavy atom. The molecule has 4 nitrogen and oxygen atoms in total. The van der Waals surface area contributed by atoms with Crippen LogP contribution in [0, 0.1) is 5.82 Å². The van der Waals surface area contributed by atoms with Crippen molar-refractivity contribution in [3.8, 4) is 0 Å². The van der Waals surface area contributed by atoms with Crippen LogP contribution in [-0.2, 0) is 16.0 Å². The standard InChI is InChI=1S/C18H12Cl2FNO3/c1-25-16(23)7-12-11-6-14(21)13(20)8-15(11)22-17(12)18(24)9-2-4-10(19)5-3-9/h2-6,8,22H,7H2,1H3. The number of rotatable bonds is 4. The van der Waals surface area contributed by atoms with Gasteiger partial charge in [-0.3, -0.25) is 9.59 Å². The van der Waals surface area contributed by atoms with E-state index in [1.54, 1.807) is 24.3 Å². The lowest BCUT2D eigenvalue weighted by Crippen LogP contribution is -2.10. The van der Waals surface area contributed by atoms with Gasteiger partial charge in [0.05, 0.1) is 24.2 Å². The zero-order valence-corrected chi connectivity index (χ0v) is 14.5. The molecule has 0 aliphatic carbocycles. The molecule has 0 atom stereocenters. The minimum Gasteiger partial charge on any atom is -0.469 e. The topological polar surface area (TPSA) is 59.2 Å². The van der Waals surface area contributed by atoms with Gasteiger partial charge in [0.15, 0.2) is 0 Å². The number of aromatic nitrogens is 1. The number of methoxy groups -OCH3 is 1. The molecule has 3 aromatic rings. The van der Waals surface area contributed by atoms with Gasteiger partial charge in [-0.05, 0) is 36.4 Å². The highest BCUT2D eigenvalue weighted by Crippen LogP contribution is 2.29. The van der Waals surface area contributed by atoms with Crippen LogP contribution in [0.5, 0.6) is 0 Å². The van der Waals surface area contributed by atoms with Gasteiger partial charge < -0.3 is 9.72 Å². The molecule has 0 bridgehead atoms. The first kappa shape index (κ1) is 17.5. The summed E-state index contributed by atoms with van der Waals surface area (Å²) < 4.78 is 18.5. The van der Waals surface area contributed by atoms with E-state index < -0.39 is 11.8 Å². The summed E-state index contributed by atoms with van der Waals surface area (Å²) in [6.45, 7) is 0. The summed E-state index contributed by atoms with van der Waals surface area (Å²) in [5.41, 5.74) is 1.39. The van der Waals surface area contributed by atoms with Crippen LogP contribution in [0.1, 0.15) is 21.6 Å². The fourth-order valence-corrected chi connectivity index (χ4v) is 2.87. The maximum Gasteiger partial charge on any atom is 0.310 e. The fraction of sp³-hybridized carbons (Fsp3) is 0.111. The highest BCUT2D eigenvalue weighted by atomic mass is 35.5. The molecule has 1 heterocycles. The van der Waals surface area contributed by atoms with Crippen LogP contribution in [0.15, 0.2) is 36.4 Å². The summed E-state index contributed by atoms with van der Waals surface area (Å²) in [4.78, 5) is 27.5. The average molecular weight is 380 g/mol. The molecule has 25 heavy (non-hydrogen) atoms. The predicted molar refractivity (Wildman–Crippen MR) is 93.9 cm³/mol. The molecule has 0 unspecified atom stereocenters. The van der Waals surface area contributed by atoms with E-state index in [0.29, 0.717) is 27.1 Å². The van der Waals surface area contributed by atoms with Crippen LogP contribution >= 0.6 is 23.2 Å². The number of aromatic amines is 1. The lowest BCUT2D eigenvalue weighted by Gasteiger charge is -2.04. The van der Waals surface area contributed by atoms with E-state index in [9.17, 15) is 14.0 Å². The lowest BCUT2D eigenvalue weighted by atomic mass is 10.0. The number of fused-ring (bicyclic) bond motifs is 1. The van der Waals surface area contributed by atoms with Crippen LogP contribution < -0.4 is 0 Å². The summed E-state index contributed by atoms with van der Waals surface area (Å²) in [5, 5.41) is 0.824. The van der Waals surface area contributed by atoms with E-state index in [4.69, 9.17) is 23.2 Å². The Labute approximate surface area is 152 Å². The number of hydrogen-bond donors (Lipinski definition) is 1. The first-order chi connectivity index (χ1) is 11.9. The van der Waals surface area contributed by atoms with Crippen molar-refractivity contribution >= 4 is 45.9 Å². The molecule has 2 aromatic carbocycles. The van der Waals surface area contributed by atoms with Gasteiger partial charge in [-0.2, -0.15) is 0 Å². The van der Waals surface area contributed by atoms with Gasteiger partial charge in [-0.15, -0.1) is 0 Å². The fourth-order valence-electron chi connectivity index (χ4n) is 2.58. The smallest absolute Gasteiger partial charge is 0.310 e. The van der Waals surface area contributed by atoms with Gasteiger partial charge in [0.1, 0.15) is 5.82 Å². The monoisotopic (exact) mass is 379 g/mol. The Bertz CT molecular complexity index is 980. The molecule has 0 fully saturated rings. The number of carbonyl (C=O) groups excluding carboxylic acids is 2. The van der Waals surface area contributed by atoms with Gasteiger partial charge >= 0.3 is 5.97 Å². The number of hydrogen-bond acceptors (Lipinski definition) is 3. The zero-order valence-electron chi connectivity index (χ0n) is 13.0. The molecular weight excluding hydrogens is 368 g/mol. The minimum atomic E-state index is -0.634. The Morgan fingerprint density at radius 2 is 1.84 bits per heavy atom. The summed E-state index contributed by atoms with van der Waals surface area (Å²) in [6.07, 6.45) is -0.174. The molecule has 0 spiro atoms. The minimum absolute atomic E-state index is 0.0798. The molecule has 3 rings (SSSR count). The number of esters is 1. The first-order valence-electron chi connectivity index (χ1n) is 7.27. The second-order valence-electron chi connectivity index (χ2n) is 5.38. The molecule has 1 N–H and O–H groups in total. The highest BCUT2D eigenvalue weighted by Gasteiger charge is 2.22. The quantitative estimate of drug-likeness (QED) is 0.533. The average Bonchev–Trinajstić information content (AvgIpc) is 2.92. The maximum absolute atomic E-state index is 13.9. The lowest BCUT2D eigenvalue weighted by molar-refractivity contribution is -0.139. The van der Waals surface area contributed by atoms with Crippen LogP contribution in [0.25, 0.3) is 10.9 Å². The largest absolute Gasteiger partial charge is 0.469 e. The third-order valence-corrected chi connectivity index (χ3v) is 4.37. The number of H-pyrrole nitrogens is 1. The van der Waals surface area contributed by atoms with Crippen molar-refractivity contribution in [3.63, 3.8) is 0 Å². The van der Waals surface area contributed by atoms with Crippen LogP contribution in [0.3, 0.4) is 0 Å².